The predicted octanol–water partition coefficient (Wildman–Crippen LogP) is 1.95. The third kappa shape index (κ3) is 2.72. The molecular weight excluding hydrogens is 244 g/mol. The number of H-pyrrole nitrogens is 1. The van der Waals surface area contributed by atoms with Gasteiger partial charge in [-0.3, -0.25) is 5.10 Å². The Labute approximate surface area is 109 Å². The van der Waals surface area contributed by atoms with Gasteiger partial charge in [0.05, 0.1) is 12.1 Å². The second kappa shape index (κ2) is 5.69. The van der Waals surface area contributed by atoms with E-state index in [9.17, 15) is 4.79 Å². The molecule has 0 saturated carbocycles. The number of ether oxygens (including phenoxy) is 1. The fourth-order valence-corrected chi connectivity index (χ4v) is 1.56. The van der Waals surface area contributed by atoms with Crippen LogP contribution >= 0.6 is 0 Å². The Balaban J connectivity index is 2.21. The first kappa shape index (κ1) is 12.6. The second-order valence-electron chi connectivity index (χ2n) is 3.65. The number of esters is 1. The van der Waals surface area contributed by atoms with Gasteiger partial charge in [0, 0.05) is 11.6 Å². The molecule has 0 fully saturated rings. The number of nitrogens with zero attached hydrogens (tertiary/aromatic N) is 2. The molecule has 1 aromatic carbocycles. The summed E-state index contributed by atoms with van der Waals surface area (Å²) in [5.74, 6) is -0.106. The van der Waals surface area contributed by atoms with Gasteiger partial charge in [-0.2, -0.15) is 10.4 Å². The van der Waals surface area contributed by atoms with E-state index < -0.39 is 5.97 Å². The molecule has 0 aliphatic carbocycles. The van der Waals surface area contributed by atoms with Crippen molar-refractivity contribution in [2.75, 3.05) is 11.9 Å². The molecule has 0 unspecified atom stereocenters. The van der Waals surface area contributed by atoms with Gasteiger partial charge >= 0.3 is 5.97 Å². The van der Waals surface area contributed by atoms with Gasteiger partial charge in [-0.1, -0.05) is 12.1 Å². The Hall–Kier alpha value is -2.81. The smallest absolute Gasteiger partial charge is 0.350 e. The molecule has 0 saturated heterocycles. The Morgan fingerprint density at radius 3 is 3.11 bits per heavy atom. The summed E-state index contributed by atoms with van der Waals surface area (Å²) in [6.07, 6.45) is 1.29. The molecule has 0 atom stereocenters. The number of hydrogen-bond acceptors (Lipinski definition) is 5. The molecule has 0 aliphatic heterocycles. The molecule has 19 heavy (non-hydrogen) atoms. The van der Waals surface area contributed by atoms with Crippen molar-refractivity contribution < 1.29 is 9.53 Å². The van der Waals surface area contributed by atoms with Crippen LogP contribution in [0.25, 0.3) is 10.9 Å². The van der Waals surface area contributed by atoms with E-state index in [0.29, 0.717) is 5.82 Å². The molecule has 2 rings (SSSR count). The van der Waals surface area contributed by atoms with Crippen molar-refractivity contribution in [3.63, 3.8) is 0 Å². The largest absolute Gasteiger partial charge is 0.462 e. The van der Waals surface area contributed by atoms with E-state index in [4.69, 9.17) is 10.00 Å². The van der Waals surface area contributed by atoms with Crippen molar-refractivity contribution in [3.8, 4) is 6.07 Å². The van der Waals surface area contributed by atoms with Crippen LogP contribution < -0.4 is 5.32 Å². The lowest BCUT2D eigenvalue weighted by atomic mass is 10.2. The molecule has 0 spiro atoms. The highest BCUT2D eigenvalue weighted by molar-refractivity contribution is 5.94. The molecule has 6 nitrogen and oxygen atoms in total. The summed E-state index contributed by atoms with van der Waals surface area (Å²) in [5.41, 5.74) is 0.766. The minimum Gasteiger partial charge on any atom is -0.462 e. The fraction of sp³-hybridized carbons (Fsp3) is 0.154. The zero-order valence-corrected chi connectivity index (χ0v) is 10.3. The summed E-state index contributed by atoms with van der Waals surface area (Å²) in [6, 6.07) is 9.31. The number of carbonyl (C=O) groups is 1. The Bertz CT molecular complexity index is 667. The summed E-state index contributed by atoms with van der Waals surface area (Å²) in [6.45, 7) is 1.91. The van der Waals surface area contributed by atoms with E-state index in [1.54, 1.807) is 13.0 Å². The Morgan fingerprint density at radius 2 is 2.37 bits per heavy atom. The number of para-hydroxylation sites is 1. The molecule has 0 radical (unpaired) electrons. The van der Waals surface area contributed by atoms with Crippen LogP contribution in [0, 0.1) is 11.3 Å². The third-order valence-electron chi connectivity index (χ3n) is 2.44. The highest BCUT2D eigenvalue weighted by Gasteiger charge is 2.10. The zero-order chi connectivity index (χ0) is 13.7. The van der Waals surface area contributed by atoms with Crippen LogP contribution in [0.2, 0.25) is 0 Å². The number of rotatable bonds is 4. The Kier molecular flexibility index (Phi) is 3.78. The van der Waals surface area contributed by atoms with E-state index >= 15 is 0 Å². The number of aromatic nitrogens is 2. The lowest BCUT2D eigenvalue weighted by Crippen LogP contribution is -2.08. The molecule has 0 amide bonds. The van der Waals surface area contributed by atoms with Crippen LogP contribution in [0.5, 0.6) is 0 Å². The van der Waals surface area contributed by atoms with Gasteiger partial charge in [0.1, 0.15) is 6.07 Å². The summed E-state index contributed by atoms with van der Waals surface area (Å²) >= 11 is 0. The summed E-state index contributed by atoms with van der Waals surface area (Å²) < 4.78 is 4.75. The van der Waals surface area contributed by atoms with Crippen molar-refractivity contribution in [1.29, 1.82) is 5.26 Å². The Morgan fingerprint density at radius 1 is 1.58 bits per heavy atom. The quantitative estimate of drug-likeness (QED) is 0.495. The van der Waals surface area contributed by atoms with Crippen LogP contribution in [0.15, 0.2) is 36.0 Å². The minimum absolute atomic E-state index is 0.103. The van der Waals surface area contributed by atoms with Crippen LogP contribution in [0.1, 0.15) is 6.92 Å². The van der Waals surface area contributed by atoms with Crippen molar-refractivity contribution >= 4 is 22.7 Å². The van der Waals surface area contributed by atoms with Crippen molar-refractivity contribution in [1.82, 2.24) is 10.2 Å². The first-order valence-corrected chi connectivity index (χ1v) is 5.73. The van der Waals surface area contributed by atoms with Crippen LogP contribution in [0.3, 0.4) is 0 Å². The van der Waals surface area contributed by atoms with E-state index in [1.165, 1.54) is 6.20 Å². The van der Waals surface area contributed by atoms with Gasteiger partial charge in [0.15, 0.2) is 11.4 Å². The monoisotopic (exact) mass is 256 g/mol. The van der Waals surface area contributed by atoms with Crippen LogP contribution in [-0.2, 0) is 9.53 Å². The lowest BCUT2D eigenvalue weighted by Gasteiger charge is -2.00. The van der Waals surface area contributed by atoms with Gasteiger partial charge in [0.2, 0.25) is 0 Å². The average molecular weight is 256 g/mol. The van der Waals surface area contributed by atoms with Crippen molar-refractivity contribution in [2.24, 2.45) is 0 Å². The van der Waals surface area contributed by atoms with E-state index in [2.05, 4.69) is 15.5 Å². The standard InChI is InChI=1S/C13H12N4O2/c1-2-19-13(18)9(7-14)8-15-12-10-5-3-4-6-11(10)16-17-12/h3-6,8H,2H2,1H3,(H2,15,16,17). The van der Waals surface area contributed by atoms with E-state index in [0.717, 1.165) is 10.9 Å². The van der Waals surface area contributed by atoms with Gasteiger partial charge in [-0.05, 0) is 19.1 Å². The third-order valence-corrected chi connectivity index (χ3v) is 2.44. The number of fused-ring (bicyclic) bond motifs is 1. The first-order chi connectivity index (χ1) is 9.26. The molecule has 96 valence electrons. The lowest BCUT2D eigenvalue weighted by molar-refractivity contribution is -0.138. The predicted molar refractivity (Wildman–Crippen MR) is 70.0 cm³/mol. The minimum atomic E-state index is -0.655. The molecule has 1 heterocycles. The van der Waals surface area contributed by atoms with Gasteiger partial charge in [-0.15, -0.1) is 0 Å². The molecule has 6 heteroatoms. The van der Waals surface area contributed by atoms with Crippen molar-refractivity contribution in [2.45, 2.75) is 6.92 Å². The van der Waals surface area contributed by atoms with Gasteiger partial charge in [-0.25, -0.2) is 4.79 Å². The molecule has 2 N–H and O–H groups in total. The second-order valence-corrected chi connectivity index (χ2v) is 3.65. The average Bonchev–Trinajstić information content (AvgIpc) is 2.83. The molecule has 1 aromatic heterocycles. The SMILES string of the molecule is CCOC(=O)C(C#N)=CNc1n[nH]c2ccccc12. The van der Waals surface area contributed by atoms with Gasteiger partial charge < -0.3 is 10.1 Å². The fourth-order valence-electron chi connectivity index (χ4n) is 1.56. The van der Waals surface area contributed by atoms with Crippen LogP contribution in [0.4, 0.5) is 5.82 Å². The number of aromatic amines is 1. The summed E-state index contributed by atoms with van der Waals surface area (Å²) in [4.78, 5) is 11.4. The van der Waals surface area contributed by atoms with Crippen molar-refractivity contribution in [3.05, 3.63) is 36.0 Å². The number of nitrogens with one attached hydrogen (secondary N) is 2. The maximum Gasteiger partial charge on any atom is 0.350 e. The molecule has 0 bridgehead atoms. The van der Waals surface area contributed by atoms with E-state index in [1.807, 2.05) is 24.3 Å². The highest BCUT2D eigenvalue weighted by Crippen LogP contribution is 2.19. The number of carbonyl (C=O) groups excluding carboxylic acids is 1. The maximum absolute atomic E-state index is 11.4. The molecule has 2 aromatic rings. The summed E-state index contributed by atoms with van der Waals surface area (Å²) in [5, 5.41) is 19.5. The number of hydrogen-bond donors (Lipinski definition) is 2. The summed E-state index contributed by atoms with van der Waals surface area (Å²) in [7, 11) is 0. The first-order valence-electron chi connectivity index (χ1n) is 5.73. The zero-order valence-electron chi connectivity index (χ0n) is 10.3. The van der Waals surface area contributed by atoms with Gasteiger partial charge in [0.25, 0.3) is 0 Å². The normalized spacial score (nSPS) is 11.1. The number of anilines is 1. The maximum atomic E-state index is 11.4. The van der Waals surface area contributed by atoms with E-state index in [-0.39, 0.29) is 12.2 Å². The topological polar surface area (TPSA) is 90.8 Å². The number of nitriles is 1. The number of benzene rings is 1. The highest BCUT2D eigenvalue weighted by atomic mass is 16.5. The van der Waals surface area contributed by atoms with Crippen LogP contribution in [-0.4, -0.2) is 22.8 Å². The molecular formula is C13H12N4O2. The molecule has 0 aliphatic rings.